The van der Waals surface area contributed by atoms with Crippen LogP contribution in [0.25, 0.3) is 0 Å². The monoisotopic (exact) mass is 267 g/mol. The van der Waals surface area contributed by atoms with Gasteiger partial charge < -0.3 is 15.0 Å². The third-order valence-electron chi connectivity index (χ3n) is 3.88. The van der Waals surface area contributed by atoms with Gasteiger partial charge in [0, 0.05) is 19.6 Å². The summed E-state index contributed by atoms with van der Waals surface area (Å²) >= 11 is 0. The number of aromatic nitrogens is 2. The molecule has 5 heteroatoms. The molecule has 1 heterocycles. The molecule has 1 saturated carbocycles. The van der Waals surface area contributed by atoms with Crippen molar-refractivity contribution in [2.45, 2.75) is 64.0 Å². The number of hydrogen-bond donors (Lipinski definition) is 1. The van der Waals surface area contributed by atoms with E-state index in [-0.39, 0.29) is 12.1 Å². The molecular weight excluding hydrogens is 242 g/mol. The van der Waals surface area contributed by atoms with Crippen LogP contribution in [0.5, 0.6) is 0 Å². The molecule has 0 spiro atoms. The van der Waals surface area contributed by atoms with Crippen LogP contribution in [0.1, 0.15) is 63.3 Å². The summed E-state index contributed by atoms with van der Waals surface area (Å²) in [5.74, 6) is 1.90. The van der Waals surface area contributed by atoms with Crippen LogP contribution >= 0.6 is 0 Å². The van der Waals surface area contributed by atoms with Gasteiger partial charge in [-0.3, -0.25) is 0 Å². The largest absolute Gasteiger partial charge is 0.373 e. The Morgan fingerprint density at radius 2 is 2.11 bits per heavy atom. The van der Waals surface area contributed by atoms with E-state index >= 15 is 0 Å². The molecule has 2 atom stereocenters. The minimum Gasteiger partial charge on any atom is -0.373 e. The van der Waals surface area contributed by atoms with E-state index in [1.807, 2.05) is 6.92 Å². The molecule has 5 nitrogen and oxygen atoms in total. The highest BCUT2D eigenvalue weighted by atomic mass is 16.5. The van der Waals surface area contributed by atoms with Gasteiger partial charge in [0.15, 0.2) is 0 Å². The summed E-state index contributed by atoms with van der Waals surface area (Å²) in [4.78, 5) is 4.47. The first-order valence-electron chi connectivity index (χ1n) is 7.31. The van der Waals surface area contributed by atoms with Crippen molar-refractivity contribution >= 4 is 0 Å². The summed E-state index contributed by atoms with van der Waals surface area (Å²) in [6.45, 7) is 1.98. The molecule has 19 heavy (non-hydrogen) atoms. The van der Waals surface area contributed by atoms with Gasteiger partial charge in [-0.2, -0.15) is 4.98 Å². The molecule has 2 N–H and O–H groups in total. The lowest BCUT2D eigenvalue weighted by molar-refractivity contribution is 0.0273. The smallest absolute Gasteiger partial charge is 0.226 e. The van der Waals surface area contributed by atoms with Crippen molar-refractivity contribution in [3.63, 3.8) is 0 Å². The third kappa shape index (κ3) is 4.01. The zero-order chi connectivity index (χ0) is 13.7. The van der Waals surface area contributed by atoms with E-state index < -0.39 is 0 Å². The van der Waals surface area contributed by atoms with Crippen molar-refractivity contribution in [2.24, 2.45) is 11.7 Å². The summed E-state index contributed by atoms with van der Waals surface area (Å²) in [7, 11) is 1.73. The third-order valence-corrected chi connectivity index (χ3v) is 3.88. The standard InChI is InChI=1S/C14H25N3O2/c1-10(15)8-9-12-16-14(17-19-12)13(18-2)11-6-4-3-5-7-11/h10-11,13H,3-9,15H2,1-2H3. The molecule has 2 unspecified atom stereocenters. The Labute approximate surface area is 114 Å². The van der Waals surface area contributed by atoms with E-state index in [9.17, 15) is 0 Å². The van der Waals surface area contributed by atoms with Crippen molar-refractivity contribution in [3.05, 3.63) is 11.7 Å². The van der Waals surface area contributed by atoms with Gasteiger partial charge in [-0.1, -0.05) is 24.4 Å². The summed E-state index contributed by atoms with van der Waals surface area (Å²) in [6, 6.07) is 0.159. The van der Waals surface area contributed by atoms with Crippen LogP contribution in [0.15, 0.2) is 4.52 Å². The maximum atomic E-state index is 5.74. The second-order valence-corrected chi connectivity index (χ2v) is 5.62. The molecule has 0 saturated heterocycles. The molecule has 1 aliphatic rings. The Kier molecular flexibility index (Phi) is 5.34. The van der Waals surface area contributed by atoms with Crippen molar-refractivity contribution < 1.29 is 9.26 Å². The van der Waals surface area contributed by atoms with E-state index in [2.05, 4.69) is 10.1 Å². The number of methoxy groups -OCH3 is 1. The van der Waals surface area contributed by atoms with Crippen LogP contribution < -0.4 is 5.73 Å². The number of nitrogens with zero attached hydrogens (tertiary/aromatic N) is 2. The molecule has 0 bridgehead atoms. The molecule has 1 fully saturated rings. The molecule has 0 aromatic carbocycles. The fourth-order valence-corrected chi connectivity index (χ4v) is 2.78. The van der Waals surface area contributed by atoms with E-state index in [0.29, 0.717) is 17.6 Å². The topological polar surface area (TPSA) is 74.2 Å². The van der Waals surface area contributed by atoms with Crippen LogP contribution in [0.4, 0.5) is 0 Å². The van der Waals surface area contributed by atoms with Crippen LogP contribution in [0.2, 0.25) is 0 Å². The van der Waals surface area contributed by atoms with E-state index in [4.69, 9.17) is 15.0 Å². The first-order valence-corrected chi connectivity index (χ1v) is 7.31. The first-order chi connectivity index (χ1) is 9.20. The van der Waals surface area contributed by atoms with Gasteiger partial charge in [0.05, 0.1) is 0 Å². The quantitative estimate of drug-likeness (QED) is 0.857. The van der Waals surface area contributed by atoms with Gasteiger partial charge in [-0.05, 0) is 32.1 Å². The number of ether oxygens (including phenoxy) is 1. The number of rotatable bonds is 6. The lowest BCUT2D eigenvalue weighted by atomic mass is 9.85. The Hall–Kier alpha value is -0.940. The van der Waals surface area contributed by atoms with E-state index in [0.717, 1.165) is 12.8 Å². The van der Waals surface area contributed by atoms with Crippen molar-refractivity contribution in [3.8, 4) is 0 Å². The fourth-order valence-electron chi connectivity index (χ4n) is 2.78. The number of nitrogens with two attached hydrogens (primary N) is 1. The van der Waals surface area contributed by atoms with Gasteiger partial charge in [0.1, 0.15) is 6.10 Å². The van der Waals surface area contributed by atoms with E-state index in [1.54, 1.807) is 7.11 Å². The van der Waals surface area contributed by atoms with Crippen LogP contribution in [0.3, 0.4) is 0 Å². The maximum absolute atomic E-state index is 5.74. The first kappa shape index (κ1) is 14.5. The van der Waals surface area contributed by atoms with Crippen LogP contribution in [0, 0.1) is 5.92 Å². The second-order valence-electron chi connectivity index (χ2n) is 5.62. The minimum absolute atomic E-state index is 0.0203. The molecule has 108 valence electrons. The molecule has 1 aromatic rings. The molecule has 0 amide bonds. The summed E-state index contributed by atoms with van der Waals surface area (Å²) < 4.78 is 10.9. The predicted molar refractivity (Wildman–Crippen MR) is 72.6 cm³/mol. The Bertz CT molecular complexity index is 373. The van der Waals surface area contributed by atoms with Crippen molar-refractivity contribution in [1.82, 2.24) is 10.1 Å². The molecular formula is C14H25N3O2. The average molecular weight is 267 g/mol. The number of hydrogen-bond acceptors (Lipinski definition) is 5. The van der Waals surface area contributed by atoms with E-state index in [1.165, 1.54) is 32.1 Å². The van der Waals surface area contributed by atoms with Gasteiger partial charge in [-0.15, -0.1) is 0 Å². The molecule has 1 aliphatic carbocycles. The summed E-state index contributed by atoms with van der Waals surface area (Å²) in [5.41, 5.74) is 5.74. The Balaban J connectivity index is 1.98. The molecule has 1 aromatic heterocycles. The number of aryl methyl sites for hydroxylation is 1. The summed E-state index contributed by atoms with van der Waals surface area (Å²) in [5, 5.41) is 4.09. The van der Waals surface area contributed by atoms with Gasteiger partial charge in [0.2, 0.25) is 11.7 Å². The highest BCUT2D eigenvalue weighted by Crippen LogP contribution is 2.35. The minimum atomic E-state index is -0.0203. The maximum Gasteiger partial charge on any atom is 0.226 e. The average Bonchev–Trinajstić information content (AvgIpc) is 2.87. The lowest BCUT2D eigenvalue weighted by Gasteiger charge is -2.26. The van der Waals surface area contributed by atoms with Crippen molar-refractivity contribution in [1.29, 1.82) is 0 Å². The predicted octanol–water partition coefficient (Wildman–Crippen LogP) is 2.62. The van der Waals surface area contributed by atoms with Crippen LogP contribution in [-0.4, -0.2) is 23.3 Å². The van der Waals surface area contributed by atoms with Crippen molar-refractivity contribution in [2.75, 3.05) is 7.11 Å². The molecule has 2 rings (SSSR count). The van der Waals surface area contributed by atoms with Gasteiger partial charge in [0.25, 0.3) is 0 Å². The van der Waals surface area contributed by atoms with Gasteiger partial charge >= 0.3 is 0 Å². The molecule has 0 radical (unpaired) electrons. The SMILES string of the molecule is COC(c1noc(CCC(C)N)n1)C1CCCCC1. The zero-order valence-electron chi connectivity index (χ0n) is 12.0. The summed E-state index contributed by atoms with van der Waals surface area (Å²) in [6.07, 6.45) is 7.87. The zero-order valence-corrected chi connectivity index (χ0v) is 12.0. The fraction of sp³-hybridized carbons (Fsp3) is 0.857. The normalized spacial score (nSPS) is 20.4. The van der Waals surface area contributed by atoms with Gasteiger partial charge in [-0.25, -0.2) is 0 Å². The Morgan fingerprint density at radius 3 is 2.74 bits per heavy atom. The lowest BCUT2D eigenvalue weighted by Crippen LogP contribution is -2.19. The van der Waals surface area contributed by atoms with Crippen LogP contribution in [-0.2, 0) is 11.2 Å². The highest BCUT2D eigenvalue weighted by molar-refractivity contribution is 4.95. The second kappa shape index (κ2) is 7.01. The molecule has 0 aliphatic heterocycles. The highest BCUT2D eigenvalue weighted by Gasteiger charge is 2.28. The Morgan fingerprint density at radius 1 is 1.37 bits per heavy atom.